The number of aromatic nitrogens is 2. The van der Waals surface area contributed by atoms with Crippen molar-refractivity contribution in [3.63, 3.8) is 0 Å². The Morgan fingerprint density at radius 1 is 1.18 bits per heavy atom. The number of benzene rings is 1. The van der Waals surface area contributed by atoms with Crippen LogP contribution in [0.4, 0.5) is 22.1 Å². The number of hydrogen-bond donors (Lipinski definition) is 2. The highest BCUT2D eigenvalue weighted by atomic mass is 16.6. The highest BCUT2D eigenvalue weighted by Crippen LogP contribution is 2.35. The van der Waals surface area contributed by atoms with Crippen LogP contribution in [0.15, 0.2) is 30.9 Å². The number of primary amides is 1. The summed E-state index contributed by atoms with van der Waals surface area (Å²) in [4.78, 5) is 26.9. The van der Waals surface area contributed by atoms with Crippen LogP contribution >= 0.6 is 0 Å². The quantitative estimate of drug-likeness (QED) is 0.756. The second-order valence-corrected chi connectivity index (χ2v) is 6.94. The Morgan fingerprint density at radius 2 is 1.93 bits per heavy atom. The van der Waals surface area contributed by atoms with E-state index in [2.05, 4.69) is 27.0 Å². The van der Waals surface area contributed by atoms with Crippen LogP contribution in [0, 0.1) is 0 Å². The number of carbonyl (C=O) groups excluding carboxylic acids is 2. The Morgan fingerprint density at radius 3 is 2.57 bits per heavy atom. The number of ether oxygens (including phenoxy) is 1. The van der Waals surface area contributed by atoms with E-state index < -0.39 is 6.09 Å². The molecule has 3 heterocycles. The summed E-state index contributed by atoms with van der Waals surface area (Å²) in [5.74, 6) is 1.28. The van der Waals surface area contributed by atoms with Crippen LogP contribution < -0.4 is 20.9 Å². The van der Waals surface area contributed by atoms with Crippen molar-refractivity contribution in [1.29, 1.82) is 0 Å². The van der Waals surface area contributed by atoms with Crippen LogP contribution in [0.3, 0.4) is 0 Å². The molecule has 1 unspecified atom stereocenters. The molecule has 9 nitrogen and oxygen atoms in total. The molecular weight excluding hydrogens is 360 g/mol. The minimum atomic E-state index is -0.765. The van der Waals surface area contributed by atoms with Crippen LogP contribution in [0.5, 0.6) is 0 Å². The molecule has 4 rings (SSSR count). The molecule has 0 radical (unpaired) electrons. The van der Waals surface area contributed by atoms with E-state index in [1.54, 1.807) is 0 Å². The van der Waals surface area contributed by atoms with Gasteiger partial charge in [0.25, 0.3) is 0 Å². The number of carbonyl (C=O) groups is 2. The monoisotopic (exact) mass is 382 g/mol. The Hall–Kier alpha value is -3.36. The number of hydrogen-bond acceptors (Lipinski definition) is 7. The van der Waals surface area contributed by atoms with Gasteiger partial charge in [-0.05, 0) is 30.7 Å². The lowest BCUT2D eigenvalue weighted by Crippen LogP contribution is -2.38. The van der Waals surface area contributed by atoms with Gasteiger partial charge in [0.2, 0.25) is 5.91 Å². The SMILES string of the molecule is C=CC(=O)Nc1ccc2c(N3CCC(OC(N)=O)C3)nnc(N3CCC3)c2c1. The van der Waals surface area contributed by atoms with Gasteiger partial charge in [0.05, 0.1) is 6.54 Å². The van der Waals surface area contributed by atoms with Crippen LogP contribution in [0.25, 0.3) is 10.8 Å². The smallest absolute Gasteiger partial charge is 0.404 e. The molecule has 9 heteroatoms. The minimum Gasteiger partial charge on any atom is -0.444 e. The fourth-order valence-corrected chi connectivity index (χ4v) is 3.57. The molecule has 2 aliphatic heterocycles. The lowest BCUT2D eigenvalue weighted by Gasteiger charge is -2.33. The molecular formula is C19H22N6O3. The number of fused-ring (bicyclic) bond motifs is 1. The van der Waals surface area contributed by atoms with Crippen LogP contribution in [0.1, 0.15) is 12.8 Å². The van der Waals surface area contributed by atoms with Gasteiger partial charge >= 0.3 is 6.09 Å². The predicted octanol–water partition coefficient (Wildman–Crippen LogP) is 1.64. The zero-order chi connectivity index (χ0) is 19.7. The second-order valence-electron chi connectivity index (χ2n) is 6.94. The molecule has 0 aliphatic carbocycles. The number of nitrogens with two attached hydrogens (primary N) is 1. The van der Waals surface area contributed by atoms with E-state index in [1.165, 1.54) is 6.08 Å². The molecule has 2 saturated heterocycles. The van der Waals surface area contributed by atoms with Gasteiger partial charge in [-0.3, -0.25) is 4.79 Å². The molecule has 2 amide bonds. The van der Waals surface area contributed by atoms with Gasteiger partial charge in [-0.15, -0.1) is 10.2 Å². The van der Waals surface area contributed by atoms with Crippen molar-refractivity contribution in [3.8, 4) is 0 Å². The van der Waals surface area contributed by atoms with Gasteiger partial charge in [0.1, 0.15) is 6.10 Å². The van der Waals surface area contributed by atoms with E-state index >= 15 is 0 Å². The molecule has 3 N–H and O–H groups in total. The van der Waals surface area contributed by atoms with Gasteiger partial charge in [-0.25, -0.2) is 4.79 Å². The molecule has 0 bridgehead atoms. The van der Waals surface area contributed by atoms with E-state index in [1.807, 2.05) is 23.1 Å². The summed E-state index contributed by atoms with van der Waals surface area (Å²) >= 11 is 0. The number of nitrogens with zero attached hydrogens (tertiary/aromatic N) is 4. The van der Waals surface area contributed by atoms with Crippen molar-refractivity contribution in [1.82, 2.24) is 10.2 Å². The number of nitrogens with one attached hydrogen (secondary N) is 1. The van der Waals surface area contributed by atoms with E-state index in [0.717, 1.165) is 41.9 Å². The molecule has 2 aromatic rings. The summed E-state index contributed by atoms with van der Waals surface area (Å²) in [6.07, 6.45) is 2.03. The van der Waals surface area contributed by atoms with Gasteiger partial charge in [0.15, 0.2) is 11.6 Å². The fraction of sp³-hybridized carbons (Fsp3) is 0.368. The molecule has 1 aromatic heterocycles. The molecule has 2 fully saturated rings. The summed E-state index contributed by atoms with van der Waals surface area (Å²) in [5.41, 5.74) is 5.81. The lowest BCUT2D eigenvalue weighted by molar-refractivity contribution is -0.111. The van der Waals surface area contributed by atoms with E-state index in [0.29, 0.717) is 25.2 Å². The molecule has 0 spiro atoms. The number of rotatable bonds is 5. The van der Waals surface area contributed by atoms with Gasteiger partial charge in [0, 0.05) is 42.5 Å². The molecule has 1 atom stereocenters. The molecule has 1 aromatic carbocycles. The molecule has 2 aliphatic rings. The highest BCUT2D eigenvalue weighted by molar-refractivity contribution is 6.04. The largest absolute Gasteiger partial charge is 0.444 e. The second kappa shape index (κ2) is 7.34. The van der Waals surface area contributed by atoms with Crippen LogP contribution in [-0.4, -0.2) is 54.5 Å². The van der Waals surface area contributed by atoms with Crippen molar-refractivity contribution in [2.45, 2.75) is 18.9 Å². The third kappa shape index (κ3) is 3.42. The van der Waals surface area contributed by atoms with Crippen LogP contribution in [-0.2, 0) is 9.53 Å². The molecule has 0 saturated carbocycles. The normalized spacial score (nSPS) is 18.6. The first-order chi connectivity index (χ1) is 13.5. The van der Waals surface area contributed by atoms with E-state index in [-0.39, 0.29) is 12.0 Å². The minimum absolute atomic E-state index is 0.254. The summed E-state index contributed by atoms with van der Waals surface area (Å²) in [7, 11) is 0. The zero-order valence-corrected chi connectivity index (χ0v) is 15.4. The van der Waals surface area contributed by atoms with E-state index in [4.69, 9.17) is 10.5 Å². The van der Waals surface area contributed by atoms with Crippen molar-refractivity contribution in [2.24, 2.45) is 5.73 Å². The zero-order valence-electron chi connectivity index (χ0n) is 15.4. The number of anilines is 3. The van der Waals surface area contributed by atoms with Gasteiger partial charge < -0.3 is 25.6 Å². The Kier molecular flexibility index (Phi) is 4.72. The van der Waals surface area contributed by atoms with Gasteiger partial charge in [-0.2, -0.15) is 0 Å². The molecule has 146 valence electrons. The average Bonchev–Trinajstić information content (AvgIpc) is 3.08. The lowest BCUT2D eigenvalue weighted by atomic mass is 10.1. The standard InChI is InChI=1S/C19H22N6O3/c1-2-16(26)21-12-4-5-14-15(10-12)18(24-7-3-8-24)23-22-17(14)25-9-6-13(11-25)28-19(20)27/h2,4-5,10,13H,1,3,6-9,11H2,(H2,20,27)(H,21,26). The van der Waals surface area contributed by atoms with Crippen molar-refractivity contribution in [2.75, 3.05) is 41.3 Å². The first-order valence-electron chi connectivity index (χ1n) is 9.25. The predicted molar refractivity (Wildman–Crippen MR) is 106 cm³/mol. The van der Waals surface area contributed by atoms with Crippen molar-refractivity contribution in [3.05, 3.63) is 30.9 Å². The third-order valence-electron chi connectivity index (χ3n) is 5.08. The Labute approximate surface area is 162 Å². The maximum absolute atomic E-state index is 11.7. The third-order valence-corrected chi connectivity index (χ3v) is 5.08. The molecule has 28 heavy (non-hydrogen) atoms. The number of amides is 2. The van der Waals surface area contributed by atoms with Crippen molar-refractivity contribution >= 4 is 40.1 Å². The summed E-state index contributed by atoms with van der Waals surface area (Å²) in [6, 6.07) is 5.68. The summed E-state index contributed by atoms with van der Waals surface area (Å²) < 4.78 is 5.12. The highest BCUT2D eigenvalue weighted by Gasteiger charge is 2.29. The first-order valence-corrected chi connectivity index (χ1v) is 9.25. The Bertz CT molecular complexity index is 943. The topological polar surface area (TPSA) is 114 Å². The Balaban J connectivity index is 1.71. The maximum Gasteiger partial charge on any atom is 0.404 e. The fourth-order valence-electron chi connectivity index (χ4n) is 3.57. The van der Waals surface area contributed by atoms with Gasteiger partial charge in [-0.1, -0.05) is 6.58 Å². The van der Waals surface area contributed by atoms with Crippen molar-refractivity contribution < 1.29 is 14.3 Å². The summed E-state index contributed by atoms with van der Waals surface area (Å²) in [6.45, 7) is 6.57. The maximum atomic E-state index is 11.7. The average molecular weight is 382 g/mol. The van der Waals surface area contributed by atoms with E-state index in [9.17, 15) is 9.59 Å². The van der Waals surface area contributed by atoms with Crippen LogP contribution in [0.2, 0.25) is 0 Å². The summed E-state index contributed by atoms with van der Waals surface area (Å²) in [5, 5.41) is 13.6. The first kappa shape index (κ1) is 18.0.